The first-order chi connectivity index (χ1) is 8.63. The van der Waals surface area contributed by atoms with Crippen molar-refractivity contribution in [3.05, 3.63) is 18.2 Å². The number of methoxy groups -OCH3 is 2. The van der Waals surface area contributed by atoms with E-state index in [4.69, 9.17) is 9.47 Å². The molecule has 0 radical (unpaired) electrons. The Morgan fingerprint density at radius 2 is 1.83 bits per heavy atom. The number of hydrogen-bond donors (Lipinski definition) is 1. The maximum Gasteiger partial charge on any atom is 0.244 e. The first-order valence-electron chi connectivity index (χ1n) is 5.88. The largest absolute Gasteiger partial charge is 0.497 e. The average Bonchev–Trinajstić information content (AvgIpc) is 2.70. The van der Waals surface area contributed by atoms with E-state index in [0.717, 1.165) is 18.7 Å². The van der Waals surface area contributed by atoms with Crippen LogP contribution >= 0.6 is 0 Å². The fourth-order valence-corrected chi connectivity index (χ4v) is 2.05. The Balaban J connectivity index is 2.16. The van der Waals surface area contributed by atoms with Crippen LogP contribution < -0.4 is 14.8 Å². The van der Waals surface area contributed by atoms with Gasteiger partial charge in [0.2, 0.25) is 5.91 Å². The zero-order valence-corrected chi connectivity index (χ0v) is 10.9. The van der Waals surface area contributed by atoms with Crippen LogP contribution in [-0.2, 0) is 4.79 Å². The van der Waals surface area contributed by atoms with Gasteiger partial charge in [-0.3, -0.25) is 4.79 Å². The number of ether oxygens (including phenoxy) is 2. The molecule has 1 aromatic carbocycles. The molecule has 0 aliphatic carbocycles. The number of carbonyl (C=O) groups is 1. The van der Waals surface area contributed by atoms with Crippen molar-refractivity contribution in [3.8, 4) is 11.5 Å². The van der Waals surface area contributed by atoms with Crippen LogP contribution in [0.1, 0.15) is 6.42 Å². The molecule has 98 valence electrons. The third kappa shape index (κ3) is 2.50. The summed E-state index contributed by atoms with van der Waals surface area (Å²) in [6.45, 7) is 0.789. The molecular formula is C13H18N2O3. The summed E-state index contributed by atoms with van der Waals surface area (Å²) < 4.78 is 10.4. The van der Waals surface area contributed by atoms with E-state index in [-0.39, 0.29) is 11.9 Å². The molecule has 2 rings (SSSR count). The zero-order chi connectivity index (χ0) is 13.1. The summed E-state index contributed by atoms with van der Waals surface area (Å²) in [7, 11) is 5.02. The summed E-state index contributed by atoms with van der Waals surface area (Å²) in [5, 5.41) is 3.22. The SMILES string of the molecule is COc1cc(NC2CCN(C)C2=O)cc(OC)c1. The number of carbonyl (C=O) groups excluding carboxylic acids is 1. The number of rotatable bonds is 4. The molecule has 0 aromatic heterocycles. The average molecular weight is 250 g/mol. The summed E-state index contributed by atoms with van der Waals surface area (Å²) in [6, 6.07) is 5.35. The second-order valence-corrected chi connectivity index (χ2v) is 4.35. The highest BCUT2D eigenvalue weighted by Gasteiger charge is 2.28. The lowest BCUT2D eigenvalue weighted by atomic mass is 10.2. The maximum absolute atomic E-state index is 11.8. The monoisotopic (exact) mass is 250 g/mol. The molecule has 1 N–H and O–H groups in total. The lowest BCUT2D eigenvalue weighted by Crippen LogP contribution is -2.30. The summed E-state index contributed by atoms with van der Waals surface area (Å²) in [4.78, 5) is 13.6. The fourth-order valence-electron chi connectivity index (χ4n) is 2.05. The van der Waals surface area contributed by atoms with E-state index in [1.54, 1.807) is 25.2 Å². The van der Waals surface area contributed by atoms with E-state index in [9.17, 15) is 4.79 Å². The van der Waals surface area contributed by atoms with Gasteiger partial charge in [-0.2, -0.15) is 0 Å². The number of likely N-dealkylation sites (N-methyl/N-ethyl adjacent to an activating group) is 1. The van der Waals surface area contributed by atoms with Crippen LogP contribution in [0.3, 0.4) is 0 Å². The van der Waals surface area contributed by atoms with Crippen molar-refractivity contribution < 1.29 is 14.3 Å². The molecular weight excluding hydrogens is 232 g/mol. The molecule has 0 saturated carbocycles. The maximum atomic E-state index is 11.8. The second kappa shape index (κ2) is 5.16. The highest BCUT2D eigenvalue weighted by molar-refractivity contribution is 5.86. The molecule has 1 fully saturated rings. The van der Waals surface area contributed by atoms with Crippen LogP contribution in [0.5, 0.6) is 11.5 Å². The van der Waals surface area contributed by atoms with Crippen molar-refractivity contribution in [3.63, 3.8) is 0 Å². The third-order valence-electron chi connectivity index (χ3n) is 3.12. The summed E-state index contributed by atoms with van der Waals surface area (Å²) >= 11 is 0. The van der Waals surface area contributed by atoms with Crippen molar-refractivity contribution >= 4 is 11.6 Å². The molecule has 1 unspecified atom stereocenters. The molecule has 1 aromatic rings. The van der Waals surface area contributed by atoms with Crippen LogP contribution in [-0.4, -0.2) is 44.7 Å². The first kappa shape index (κ1) is 12.5. The van der Waals surface area contributed by atoms with Gasteiger partial charge in [0.1, 0.15) is 17.5 Å². The van der Waals surface area contributed by atoms with E-state index in [0.29, 0.717) is 11.5 Å². The Labute approximate surface area is 107 Å². The Kier molecular flexibility index (Phi) is 3.60. The smallest absolute Gasteiger partial charge is 0.244 e. The van der Waals surface area contributed by atoms with Crippen LogP contribution in [0, 0.1) is 0 Å². The van der Waals surface area contributed by atoms with Crippen LogP contribution in [0.2, 0.25) is 0 Å². The minimum atomic E-state index is -0.160. The number of hydrogen-bond acceptors (Lipinski definition) is 4. The lowest BCUT2D eigenvalue weighted by molar-refractivity contribution is -0.127. The van der Waals surface area contributed by atoms with Gasteiger partial charge in [-0.1, -0.05) is 0 Å². The number of anilines is 1. The summed E-state index contributed by atoms with van der Waals surface area (Å²) in [5.41, 5.74) is 0.833. The number of likely N-dealkylation sites (tertiary alicyclic amines) is 1. The molecule has 18 heavy (non-hydrogen) atoms. The van der Waals surface area contributed by atoms with Gasteiger partial charge >= 0.3 is 0 Å². The van der Waals surface area contributed by atoms with E-state index in [1.165, 1.54) is 0 Å². The van der Waals surface area contributed by atoms with Gasteiger partial charge in [0, 0.05) is 37.5 Å². The number of nitrogens with zero attached hydrogens (tertiary/aromatic N) is 1. The van der Waals surface area contributed by atoms with Crippen molar-refractivity contribution in [1.82, 2.24) is 4.90 Å². The normalized spacial score (nSPS) is 18.9. The molecule has 5 heteroatoms. The quantitative estimate of drug-likeness (QED) is 0.876. The van der Waals surface area contributed by atoms with Gasteiger partial charge in [-0.25, -0.2) is 0 Å². The summed E-state index contributed by atoms with van der Waals surface area (Å²) in [5.74, 6) is 1.53. The molecule has 1 amide bonds. The molecule has 0 spiro atoms. The number of benzene rings is 1. The van der Waals surface area contributed by atoms with Gasteiger partial charge in [-0.15, -0.1) is 0 Å². The molecule has 5 nitrogen and oxygen atoms in total. The summed E-state index contributed by atoms with van der Waals surface area (Å²) in [6.07, 6.45) is 0.814. The van der Waals surface area contributed by atoms with Gasteiger partial charge < -0.3 is 19.7 Å². The molecule has 1 atom stereocenters. The Morgan fingerprint density at radius 3 is 2.28 bits per heavy atom. The minimum Gasteiger partial charge on any atom is -0.497 e. The third-order valence-corrected chi connectivity index (χ3v) is 3.12. The predicted molar refractivity (Wildman–Crippen MR) is 69.2 cm³/mol. The molecule has 1 aliphatic rings. The standard InChI is InChI=1S/C13H18N2O3/c1-15-5-4-12(13(15)16)14-9-6-10(17-2)8-11(7-9)18-3/h6-8,12,14H,4-5H2,1-3H3. The Morgan fingerprint density at radius 1 is 1.22 bits per heavy atom. The van der Waals surface area contributed by atoms with E-state index in [2.05, 4.69) is 5.32 Å². The first-order valence-corrected chi connectivity index (χ1v) is 5.88. The van der Waals surface area contributed by atoms with Crippen LogP contribution in [0.15, 0.2) is 18.2 Å². The van der Waals surface area contributed by atoms with Gasteiger partial charge in [0.05, 0.1) is 14.2 Å². The van der Waals surface area contributed by atoms with E-state index >= 15 is 0 Å². The van der Waals surface area contributed by atoms with Crippen molar-refractivity contribution in [2.24, 2.45) is 0 Å². The van der Waals surface area contributed by atoms with Crippen LogP contribution in [0.25, 0.3) is 0 Å². The van der Waals surface area contributed by atoms with Gasteiger partial charge in [0.15, 0.2) is 0 Å². The fraction of sp³-hybridized carbons (Fsp3) is 0.462. The van der Waals surface area contributed by atoms with Crippen molar-refractivity contribution in [2.45, 2.75) is 12.5 Å². The Bertz CT molecular complexity index is 426. The van der Waals surface area contributed by atoms with Gasteiger partial charge in [-0.05, 0) is 6.42 Å². The van der Waals surface area contributed by atoms with Crippen molar-refractivity contribution in [2.75, 3.05) is 33.1 Å². The van der Waals surface area contributed by atoms with Gasteiger partial charge in [0.25, 0.3) is 0 Å². The highest BCUT2D eigenvalue weighted by atomic mass is 16.5. The highest BCUT2D eigenvalue weighted by Crippen LogP contribution is 2.27. The van der Waals surface area contributed by atoms with Crippen molar-refractivity contribution in [1.29, 1.82) is 0 Å². The van der Waals surface area contributed by atoms with E-state index in [1.807, 2.05) is 19.2 Å². The molecule has 1 aliphatic heterocycles. The molecule has 1 saturated heterocycles. The Hall–Kier alpha value is -1.91. The zero-order valence-electron chi connectivity index (χ0n) is 10.9. The van der Waals surface area contributed by atoms with Crippen LogP contribution in [0.4, 0.5) is 5.69 Å². The minimum absolute atomic E-state index is 0.122. The molecule has 0 bridgehead atoms. The second-order valence-electron chi connectivity index (χ2n) is 4.35. The lowest BCUT2D eigenvalue weighted by Gasteiger charge is -2.15. The molecule has 1 heterocycles. The number of nitrogens with one attached hydrogen (secondary N) is 1. The van der Waals surface area contributed by atoms with E-state index < -0.39 is 0 Å². The number of amides is 1. The predicted octanol–water partition coefficient (Wildman–Crippen LogP) is 1.35. The topological polar surface area (TPSA) is 50.8 Å².